The zero-order valence-electron chi connectivity index (χ0n) is 11.2. The van der Waals surface area contributed by atoms with Crippen molar-refractivity contribution >= 4 is 21.8 Å². The molecule has 1 amide bonds. The minimum Gasteiger partial charge on any atom is -0.350 e. The van der Waals surface area contributed by atoms with Gasteiger partial charge in [-0.15, -0.1) is 0 Å². The van der Waals surface area contributed by atoms with Crippen molar-refractivity contribution in [3.63, 3.8) is 0 Å². The maximum atomic E-state index is 11.9. The molecule has 0 aromatic carbocycles. The van der Waals surface area contributed by atoms with E-state index in [1.165, 1.54) is 25.9 Å². The molecule has 0 bridgehead atoms. The van der Waals surface area contributed by atoms with E-state index in [9.17, 15) is 4.79 Å². The highest BCUT2D eigenvalue weighted by molar-refractivity contribution is 9.10. The molecule has 1 fully saturated rings. The summed E-state index contributed by atoms with van der Waals surface area (Å²) in [5, 5.41) is 2.95. The fourth-order valence-electron chi connectivity index (χ4n) is 2.36. The van der Waals surface area contributed by atoms with Crippen molar-refractivity contribution in [2.75, 3.05) is 26.2 Å². The molecule has 4 nitrogen and oxygen atoms in total. The van der Waals surface area contributed by atoms with E-state index < -0.39 is 0 Å². The lowest BCUT2D eigenvalue weighted by Gasteiger charge is -2.20. The molecule has 0 aliphatic carbocycles. The second-order valence-electron chi connectivity index (χ2n) is 5.17. The van der Waals surface area contributed by atoms with Crippen LogP contribution in [0.4, 0.5) is 0 Å². The lowest BCUT2D eigenvalue weighted by Crippen LogP contribution is -2.34. The molecule has 1 aliphatic rings. The van der Waals surface area contributed by atoms with E-state index in [1.54, 1.807) is 6.07 Å². The Morgan fingerprint density at radius 1 is 1.47 bits per heavy atom. The number of likely N-dealkylation sites (tertiary alicyclic amines) is 1. The summed E-state index contributed by atoms with van der Waals surface area (Å²) in [5.41, 5.74) is 0.461. The molecule has 1 aliphatic heterocycles. The minimum absolute atomic E-state index is 0.102. The first-order chi connectivity index (χ1) is 9.15. The molecule has 1 aromatic rings. The van der Waals surface area contributed by atoms with E-state index in [2.05, 4.69) is 38.1 Å². The second kappa shape index (κ2) is 7.01. The Hall–Kier alpha value is -0.940. The summed E-state index contributed by atoms with van der Waals surface area (Å²) in [6, 6.07) is 5.36. The quantitative estimate of drug-likeness (QED) is 0.845. The highest BCUT2D eigenvalue weighted by atomic mass is 79.9. The molecule has 0 saturated carbocycles. The maximum Gasteiger partial charge on any atom is 0.269 e. The van der Waals surface area contributed by atoms with Crippen molar-refractivity contribution in [2.45, 2.75) is 19.8 Å². The SMILES string of the molecule is CC(CNC(=O)c1cccc(Br)n1)CN1CCCC1. The van der Waals surface area contributed by atoms with Crippen molar-refractivity contribution in [1.29, 1.82) is 0 Å². The van der Waals surface area contributed by atoms with E-state index in [-0.39, 0.29) is 5.91 Å². The van der Waals surface area contributed by atoms with Gasteiger partial charge < -0.3 is 10.2 Å². The lowest BCUT2D eigenvalue weighted by atomic mass is 10.1. The first-order valence-corrected chi connectivity index (χ1v) is 7.57. The van der Waals surface area contributed by atoms with Crippen LogP contribution >= 0.6 is 15.9 Å². The Morgan fingerprint density at radius 3 is 2.89 bits per heavy atom. The minimum atomic E-state index is -0.102. The Balaban J connectivity index is 1.76. The standard InChI is InChI=1S/C14H20BrN3O/c1-11(10-18-7-2-3-8-18)9-16-14(19)12-5-4-6-13(15)17-12/h4-6,11H,2-3,7-10H2,1H3,(H,16,19). The fourth-order valence-corrected chi connectivity index (χ4v) is 2.71. The van der Waals surface area contributed by atoms with E-state index in [0.29, 0.717) is 22.8 Å². The molecule has 1 N–H and O–H groups in total. The van der Waals surface area contributed by atoms with Crippen LogP contribution in [0.3, 0.4) is 0 Å². The predicted molar refractivity (Wildman–Crippen MR) is 79.1 cm³/mol. The Morgan fingerprint density at radius 2 is 2.21 bits per heavy atom. The van der Waals surface area contributed by atoms with Crippen LogP contribution in [0.25, 0.3) is 0 Å². The van der Waals surface area contributed by atoms with Crippen LogP contribution in [0, 0.1) is 5.92 Å². The average Bonchev–Trinajstić information content (AvgIpc) is 2.88. The van der Waals surface area contributed by atoms with E-state index in [4.69, 9.17) is 0 Å². The topological polar surface area (TPSA) is 45.2 Å². The highest BCUT2D eigenvalue weighted by Gasteiger charge is 2.15. The third-order valence-electron chi connectivity index (χ3n) is 3.33. The summed E-state index contributed by atoms with van der Waals surface area (Å²) >= 11 is 3.27. The molecule has 1 atom stereocenters. The largest absolute Gasteiger partial charge is 0.350 e. The Bertz CT molecular complexity index is 432. The number of carbonyl (C=O) groups excluding carboxylic acids is 1. The third-order valence-corrected chi connectivity index (χ3v) is 3.77. The molecule has 2 rings (SSSR count). The zero-order valence-corrected chi connectivity index (χ0v) is 12.8. The zero-order chi connectivity index (χ0) is 13.7. The number of pyridine rings is 1. The molecular formula is C14H20BrN3O. The molecule has 0 radical (unpaired) electrons. The predicted octanol–water partition coefficient (Wildman–Crippen LogP) is 2.31. The fraction of sp³-hybridized carbons (Fsp3) is 0.571. The van der Waals surface area contributed by atoms with Gasteiger partial charge in [-0.05, 0) is 59.9 Å². The van der Waals surface area contributed by atoms with Gasteiger partial charge in [0.05, 0.1) is 0 Å². The number of hydrogen-bond donors (Lipinski definition) is 1. The first-order valence-electron chi connectivity index (χ1n) is 6.78. The van der Waals surface area contributed by atoms with Crippen LogP contribution in [-0.4, -0.2) is 42.0 Å². The van der Waals surface area contributed by atoms with Gasteiger partial charge in [0.1, 0.15) is 10.3 Å². The van der Waals surface area contributed by atoms with Gasteiger partial charge >= 0.3 is 0 Å². The molecule has 0 spiro atoms. The Labute approximate surface area is 122 Å². The van der Waals surface area contributed by atoms with Gasteiger partial charge in [-0.25, -0.2) is 4.98 Å². The molecule has 1 saturated heterocycles. The van der Waals surface area contributed by atoms with E-state index in [0.717, 1.165) is 6.54 Å². The van der Waals surface area contributed by atoms with Gasteiger partial charge in [0.15, 0.2) is 0 Å². The number of nitrogens with one attached hydrogen (secondary N) is 1. The molecule has 1 unspecified atom stereocenters. The number of hydrogen-bond acceptors (Lipinski definition) is 3. The monoisotopic (exact) mass is 325 g/mol. The highest BCUT2D eigenvalue weighted by Crippen LogP contribution is 2.10. The van der Waals surface area contributed by atoms with E-state index in [1.807, 2.05) is 12.1 Å². The normalized spacial score (nSPS) is 17.4. The van der Waals surface area contributed by atoms with Crippen molar-refractivity contribution in [2.24, 2.45) is 5.92 Å². The second-order valence-corrected chi connectivity index (χ2v) is 5.98. The van der Waals surface area contributed by atoms with Crippen LogP contribution in [0.2, 0.25) is 0 Å². The van der Waals surface area contributed by atoms with Gasteiger partial charge in [-0.1, -0.05) is 13.0 Å². The summed E-state index contributed by atoms with van der Waals surface area (Å²) in [6.45, 7) is 6.33. The number of aromatic nitrogens is 1. The lowest BCUT2D eigenvalue weighted by molar-refractivity contribution is 0.0940. The summed E-state index contributed by atoms with van der Waals surface area (Å²) in [7, 11) is 0. The summed E-state index contributed by atoms with van der Waals surface area (Å²) < 4.78 is 0.685. The third kappa shape index (κ3) is 4.58. The van der Waals surface area contributed by atoms with Crippen molar-refractivity contribution < 1.29 is 4.79 Å². The summed E-state index contributed by atoms with van der Waals surface area (Å²) in [4.78, 5) is 18.5. The number of rotatable bonds is 5. The average molecular weight is 326 g/mol. The van der Waals surface area contributed by atoms with Gasteiger partial charge in [-0.3, -0.25) is 4.79 Å². The molecule has 1 aromatic heterocycles. The number of carbonyl (C=O) groups is 1. The van der Waals surface area contributed by atoms with Crippen LogP contribution in [0.5, 0.6) is 0 Å². The number of nitrogens with zero attached hydrogens (tertiary/aromatic N) is 2. The van der Waals surface area contributed by atoms with Crippen LogP contribution in [0.1, 0.15) is 30.3 Å². The number of amides is 1. The Kier molecular flexibility index (Phi) is 5.34. The van der Waals surface area contributed by atoms with Gasteiger partial charge in [0.2, 0.25) is 0 Å². The molecule has 5 heteroatoms. The van der Waals surface area contributed by atoms with Crippen molar-refractivity contribution in [3.8, 4) is 0 Å². The van der Waals surface area contributed by atoms with Crippen LogP contribution < -0.4 is 5.32 Å². The van der Waals surface area contributed by atoms with Gasteiger partial charge in [0, 0.05) is 13.1 Å². The molecule has 19 heavy (non-hydrogen) atoms. The van der Waals surface area contributed by atoms with Crippen LogP contribution in [-0.2, 0) is 0 Å². The molecule has 104 valence electrons. The van der Waals surface area contributed by atoms with Crippen LogP contribution in [0.15, 0.2) is 22.8 Å². The van der Waals surface area contributed by atoms with Gasteiger partial charge in [-0.2, -0.15) is 0 Å². The molecule has 2 heterocycles. The van der Waals surface area contributed by atoms with Gasteiger partial charge in [0.25, 0.3) is 5.91 Å². The maximum absolute atomic E-state index is 11.9. The summed E-state index contributed by atoms with van der Waals surface area (Å²) in [5.74, 6) is 0.365. The van der Waals surface area contributed by atoms with Crippen molar-refractivity contribution in [3.05, 3.63) is 28.5 Å². The van der Waals surface area contributed by atoms with Crippen molar-refractivity contribution in [1.82, 2.24) is 15.2 Å². The number of halogens is 1. The molecular weight excluding hydrogens is 306 g/mol. The smallest absolute Gasteiger partial charge is 0.269 e. The first kappa shape index (κ1) is 14.5. The van der Waals surface area contributed by atoms with E-state index >= 15 is 0 Å². The summed E-state index contributed by atoms with van der Waals surface area (Å²) in [6.07, 6.45) is 2.61.